The first-order chi connectivity index (χ1) is 10.9. The second-order valence-electron chi connectivity index (χ2n) is 6.53. The minimum absolute atomic E-state index is 0.132. The molecule has 0 spiro atoms. The fourth-order valence-electron chi connectivity index (χ4n) is 3.28. The highest BCUT2D eigenvalue weighted by atomic mass is 19.1. The van der Waals surface area contributed by atoms with Crippen molar-refractivity contribution in [2.45, 2.75) is 27.2 Å². The lowest BCUT2D eigenvalue weighted by Gasteiger charge is -2.34. The van der Waals surface area contributed by atoms with Crippen molar-refractivity contribution >= 4 is 5.91 Å². The van der Waals surface area contributed by atoms with Crippen LogP contribution in [0.3, 0.4) is 0 Å². The van der Waals surface area contributed by atoms with E-state index in [0.29, 0.717) is 23.3 Å². The third-order valence-corrected chi connectivity index (χ3v) is 4.19. The molecule has 0 aliphatic carbocycles. The summed E-state index contributed by atoms with van der Waals surface area (Å²) >= 11 is 0. The van der Waals surface area contributed by atoms with Crippen molar-refractivity contribution in [2.24, 2.45) is 11.8 Å². The Hall–Kier alpha value is -2.24. The van der Waals surface area contributed by atoms with E-state index in [-0.39, 0.29) is 17.5 Å². The highest BCUT2D eigenvalue weighted by Gasteiger charge is 2.28. The van der Waals surface area contributed by atoms with Crippen molar-refractivity contribution in [3.63, 3.8) is 0 Å². The number of nitrogens with zero attached hydrogens (tertiary/aromatic N) is 4. The Labute approximate surface area is 135 Å². The van der Waals surface area contributed by atoms with E-state index in [2.05, 4.69) is 23.9 Å². The molecular formula is C17H21FN4O. The number of carbonyl (C=O) groups is 1. The van der Waals surface area contributed by atoms with Crippen molar-refractivity contribution in [2.75, 3.05) is 13.1 Å². The van der Waals surface area contributed by atoms with Gasteiger partial charge in [0.25, 0.3) is 5.91 Å². The maximum absolute atomic E-state index is 13.0. The Morgan fingerprint density at radius 1 is 1.17 bits per heavy atom. The zero-order valence-corrected chi connectivity index (χ0v) is 13.7. The van der Waals surface area contributed by atoms with E-state index in [1.54, 1.807) is 23.7 Å². The fourth-order valence-corrected chi connectivity index (χ4v) is 3.28. The van der Waals surface area contributed by atoms with Gasteiger partial charge in [-0.1, -0.05) is 13.8 Å². The van der Waals surface area contributed by atoms with Crippen molar-refractivity contribution in [3.05, 3.63) is 41.7 Å². The highest BCUT2D eigenvalue weighted by Crippen LogP contribution is 2.22. The topological polar surface area (TPSA) is 51.0 Å². The van der Waals surface area contributed by atoms with Crippen molar-refractivity contribution in [3.8, 4) is 5.69 Å². The zero-order chi connectivity index (χ0) is 16.6. The molecule has 2 heterocycles. The molecule has 1 aromatic heterocycles. The quantitative estimate of drug-likeness (QED) is 0.856. The molecule has 23 heavy (non-hydrogen) atoms. The summed E-state index contributed by atoms with van der Waals surface area (Å²) in [5.74, 6) is 1.35. The van der Waals surface area contributed by atoms with Gasteiger partial charge in [0.05, 0.1) is 5.69 Å². The predicted octanol–water partition coefficient (Wildman–Crippen LogP) is 2.83. The van der Waals surface area contributed by atoms with Crippen molar-refractivity contribution in [1.82, 2.24) is 19.7 Å². The van der Waals surface area contributed by atoms with Gasteiger partial charge in [-0.3, -0.25) is 4.79 Å². The summed E-state index contributed by atoms with van der Waals surface area (Å²) in [5, 5.41) is 4.33. The Morgan fingerprint density at radius 3 is 2.39 bits per heavy atom. The normalized spacial score (nSPS) is 21.5. The van der Waals surface area contributed by atoms with Gasteiger partial charge in [-0.2, -0.15) is 0 Å². The largest absolute Gasteiger partial charge is 0.335 e. The van der Waals surface area contributed by atoms with Crippen LogP contribution >= 0.6 is 0 Å². The van der Waals surface area contributed by atoms with Crippen LogP contribution in [-0.2, 0) is 0 Å². The summed E-state index contributed by atoms with van der Waals surface area (Å²) in [6.07, 6.45) is 1.14. The average molecular weight is 316 g/mol. The molecule has 1 fully saturated rings. The second-order valence-corrected chi connectivity index (χ2v) is 6.53. The van der Waals surface area contributed by atoms with Crippen LogP contribution in [0.1, 0.15) is 36.7 Å². The smallest absolute Gasteiger partial charge is 0.293 e. The van der Waals surface area contributed by atoms with E-state index < -0.39 is 0 Å². The van der Waals surface area contributed by atoms with E-state index >= 15 is 0 Å². The summed E-state index contributed by atoms with van der Waals surface area (Å²) in [4.78, 5) is 18.8. The molecule has 0 bridgehead atoms. The number of rotatable bonds is 2. The number of piperidine rings is 1. The van der Waals surface area contributed by atoms with Crippen LogP contribution in [-0.4, -0.2) is 38.7 Å². The third kappa shape index (κ3) is 3.25. The van der Waals surface area contributed by atoms with E-state index in [1.165, 1.54) is 12.1 Å². The standard InChI is InChI=1S/C17H21FN4O/c1-11-8-12(2)10-21(9-11)17(23)16-19-13(3)22(20-16)15-6-4-14(18)5-7-15/h4-7,11-12H,8-10H2,1-3H3/t11-,12-/m0/s1. The van der Waals surface area contributed by atoms with Gasteiger partial charge in [0, 0.05) is 13.1 Å². The molecule has 1 amide bonds. The maximum atomic E-state index is 13.0. The molecule has 0 radical (unpaired) electrons. The monoisotopic (exact) mass is 316 g/mol. The molecular weight excluding hydrogens is 295 g/mol. The molecule has 5 nitrogen and oxygen atoms in total. The molecule has 2 aromatic rings. The van der Waals surface area contributed by atoms with Gasteiger partial charge >= 0.3 is 0 Å². The Kier molecular flexibility index (Phi) is 4.15. The van der Waals surface area contributed by atoms with E-state index in [4.69, 9.17) is 0 Å². The number of carbonyl (C=O) groups excluding carboxylic acids is 1. The molecule has 122 valence electrons. The Balaban J connectivity index is 1.85. The van der Waals surface area contributed by atoms with Gasteiger partial charge in [-0.25, -0.2) is 14.1 Å². The van der Waals surface area contributed by atoms with Crippen LogP contribution in [0.15, 0.2) is 24.3 Å². The summed E-state index contributed by atoms with van der Waals surface area (Å²) in [7, 11) is 0. The highest BCUT2D eigenvalue weighted by molar-refractivity contribution is 5.90. The Bertz CT molecular complexity index is 700. The first-order valence-corrected chi connectivity index (χ1v) is 7.93. The second kappa shape index (κ2) is 6.10. The van der Waals surface area contributed by atoms with Gasteiger partial charge in [-0.15, -0.1) is 5.10 Å². The first kappa shape index (κ1) is 15.6. The molecule has 0 unspecified atom stereocenters. The van der Waals surface area contributed by atoms with Gasteiger partial charge in [0.1, 0.15) is 11.6 Å². The number of benzene rings is 1. The molecule has 0 N–H and O–H groups in total. The summed E-state index contributed by atoms with van der Waals surface area (Å²) in [5.41, 5.74) is 0.691. The summed E-state index contributed by atoms with van der Waals surface area (Å²) in [6, 6.07) is 5.98. The number of likely N-dealkylation sites (tertiary alicyclic amines) is 1. The summed E-state index contributed by atoms with van der Waals surface area (Å²) < 4.78 is 14.6. The number of aromatic nitrogens is 3. The minimum Gasteiger partial charge on any atom is -0.335 e. The lowest BCUT2D eigenvalue weighted by atomic mass is 9.92. The van der Waals surface area contributed by atoms with Crippen LogP contribution in [0, 0.1) is 24.6 Å². The molecule has 1 aliphatic heterocycles. The van der Waals surface area contributed by atoms with Crippen LogP contribution in [0.5, 0.6) is 0 Å². The number of aryl methyl sites for hydroxylation is 1. The van der Waals surface area contributed by atoms with Gasteiger partial charge < -0.3 is 4.90 Å². The molecule has 2 atom stereocenters. The predicted molar refractivity (Wildman–Crippen MR) is 84.9 cm³/mol. The molecule has 0 saturated carbocycles. The van der Waals surface area contributed by atoms with Gasteiger partial charge in [0.2, 0.25) is 5.82 Å². The lowest BCUT2D eigenvalue weighted by Crippen LogP contribution is -2.43. The molecule has 3 rings (SSSR count). The maximum Gasteiger partial charge on any atom is 0.293 e. The van der Waals surface area contributed by atoms with Gasteiger partial charge in [0.15, 0.2) is 0 Å². The summed E-state index contributed by atoms with van der Waals surface area (Å²) in [6.45, 7) is 7.59. The fraction of sp³-hybridized carbons (Fsp3) is 0.471. The molecule has 6 heteroatoms. The van der Waals surface area contributed by atoms with E-state index in [9.17, 15) is 9.18 Å². The SMILES string of the molecule is Cc1nc(C(=O)N2C[C@@H](C)C[C@H](C)C2)nn1-c1ccc(F)cc1. The third-order valence-electron chi connectivity index (χ3n) is 4.19. The van der Waals surface area contributed by atoms with Crippen LogP contribution in [0.25, 0.3) is 5.69 Å². The van der Waals surface area contributed by atoms with E-state index in [0.717, 1.165) is 19.5 Å². The zero-order valence-electron chi connectivity index (χ0n) is 13.7. The van der Waals surface area contributed by atoms with Crippen LogP contribution in [0.4, 0.5) is 4.39 Å². The minimum atomic E-state index is -0.306. The van der Waals surface area contributed by atoms with Crippen LogP contribution < -0.4 is 0 Å². The van der Waals surface area contributed by atoms with Crippen molar-refractivity contribution in [1.29, 1.82) is 0 Å². The van der Waals surface area contributed by atoms with Crippen LogP contribution in [0.2, 0.25) is 0 Å². The average Bonchev–Trinajstić information content (AvgIpc) is 2.88. The lowest BCUT2D eigenvalue weighted by molar-refractivity contribution is 0.0611. The first-order valence-electron chi connectivity index (χ1n) is 7.93. The Morgan fingerprint density at radius 2 is 1.78 bits per heavy atom. The van der Waals surface area contributed by atoms with Crippen molar-refractivity contribution < 1.29 is 9.18 Å². The molecule has 1 aliphatic rings. The molecule has 1 aromatic carbocycles. The molecule has 1 saturated heterocycles. The number of hydrogen-bond donors (Lipinski definition) is 0. The van der Waals surface area contributed by atoms with E-state index in [1.807, 2.05) is 4.90 Å². The van der Waals surface area contributed by atoms with Gasteiger partial charge in [-0.05, 0) is 49.4 Å². The number of hydrogen-bond acceptors (Lipinski definition) is 3. The number of halogens is 1. The number of amides is 1.